The van der Waals surface area contributed by atoms with Crippen molar-refractivity contribution >= 4 is 17.1 Å². The Morgan fingerprint density at radius 2 is 2.07 bits per heavy atom. The van der Waals surface area contributed by atoms with Crippen LogP contribution in [0.5, 0.6) is 0 Å². The highest BCUT2D eigenvalue weighted by atomic mass is 16.5. The first-order valence-electron chi connectivity index (χ1n) is 9.24. The molecule has 0 heterocycles. The fourth-order valence-electron chi connectivity index (χ4n) is 3.14. The van der Waals surface area contributed by atoms with Gasteiger partial charge in [0, 0.05) is 6.08 Å². The molecule has 1 aliphatic rings. The Labute approximate surface area is 162 Å². The van der Waals surface area contributed by atoms with Crippen molar-refractivity contribution in [1.29, 1.82) is 5.26 Å². The van der Waals surface area contributed by atoms with Gasteiger partial charge in [-0.1, -0.05) is 50.3 Å². The van der Waals surface area contributed by atoms with Gasteiger partial charge in [-0.25, -0.2) is 4.79 Å². The molecular weight excluding hydrogens is 334 g/mol. The predicted octanol–water partition coefficient (Wildman–Crippen LogP) is 5.74. The molecule has 0 N–H and O–H groups in total. The summed E-state index contributed by atoms with van der Waals surface area (Å²) in [5.74, 6) is -0.325. The molecule has 1 aromatic carbocycles. The zero-order valence-corrected chi connectivity index (χ0v) is 16.8. The van der Waals surface area contributed by atoms with Crippen LogP contribution >= 0.6 is 0 Å². The van der Waals surface area contributed by atoms with Crippen LogP contribution in [0.3, 0.4) is 0 Å². The van der Waals surface area contributed by atoms with Gasteiger partial charge >= 0.3 is 5.97 Å². The quantitative estimate of drug-likeness (QED) is 0.381. The van der Waals surface area contributed by atoms with Crippen LogP contribution in [-0.4, -0.2) is 12.6 Å². The Morgan fingerprint density at radius 1 is 1.33 bits per heavy atom. The Kier molecular flexibility index (Phi) is 6.58. The number of rotatable bonds is 5. The van der Waals surface area contributed by atoms with E-state index in [1.165, 1.54) is 11.6 Å². The van der Waals surface area contributed by atoms with E-state index in [0.29, 0.717) is 6.61 Å². The third-order valence-corrected chi connectivity index (χ3v) is 4.77. The molecule has 0 radical (unpaired) electrons. The van der Waals surface area contributed by atoms with E-state index < -0.39 is 0 Å². The van der Waals surface area contributed by atoms with E-state index in [9.17, 15) is 10.1 Å². The van der Waals surface area contributed by atoms with E-state index in [1.807, 2.05) is 38.2 Å². The molecule has 1 aliphatic carbocycles. The Hall–Kier alpha value is -2.86. The fourth-order valence-corrected chi connectivity index (χ4v) is 3.14. The Balaban J connectivity index is 2.26. The summed E-state index contributed by atoms with van der Waals surface area (Å²) in [5.41, 5.74) is 6.06. The summed E-state index contributed by atoms with van der Waals surface area (Å²) in [5, 5.41) is 9.46. The first-order chi connectivity index (χ1) is 12.8. The molecule has 0 unspecified atom stereocenters. The SMILES string of the molecule is CCOC(=O)/C=C(C)/C=C/C=C(\C)c1ccc2c(c1)C(C#N)=CCC2(C)C. The monoisotopic (exact) mass is 361 g/mol. The molecule has 0 fully saturated rings. The second-order valence-electron chi connectivity index (χ2n) is 7.43. The Bertz CT molecular complexity index is 889. The molecule has 0 spiro atoms. The number of nitrogens with zero attached hydrogens (tertiary/aromatic N) is 1. The van der Waals surface area contributed by atoms with Gasteiger partial charge < -0.3 is 4.74 Å². The van der Waals surface area contributed by atoms with Crippen molar-refractivity contribution < 1.29 is 9.53 Å². The van der Waals surface area contributed by atoms with Gasteiger partial charge in [0.1, 0.15) is 0 Å². The molecule has 140 valence electrons. The van der Waals surface area contributed by atoms with Gasteiger partial charge in [0.25, 0.3) is 0 Å². The van der Waals surface area contributed by atoms with Crippen molar-refractivity contribution in [3.05, 3.63) is 70.8 Å². The van der Waals surface area contributed by atoms with E-state index >= 15 is 0 Å². The van der Waals surface area contributed by atoms with Crippen LogP contribution in [0.4, 0.5) is 0 Å². The molecule has 3 nitrogen and oxygen atoms in total. The molecule has 0 saturated heterocycles. The number of carbonyl (C=O) groups is 1. The summed E-state index contributed by atoms with van der Waals surface area (Å²) in [4.78, 5) is 11.4. The first kappa shape index (κ1) is 20.5. The van der Waals surface area contributed by atoms with Crippen molar-refractivity contribution in [1.82, 2.24) is 0 Å². The average Bonchev–Trinajstić information content (AvgIpc) is 2.61. The highest BCUT2D eigenvalue weighted by Gasteiger charge is 2.28. The molecule has 0 atom stereocenters. The van der Waals surface area contributed by atoms with Crippen LogP contribution in [-0.2, 0) is 14.9 Å². The molecule has 0 bridgehead atoms. The molecule has 27 heavy (non-hydrogen) atoms. The number of carbonyl (C=O) groups excluding carboxylic acids is 1. The number of hydrogen-bond acceptors (Lipinski definition) is 3. The number of fused-ring (bicyclic) bond motifs is 1. The number of hydrogen-bond donors (Lipinski definition) is 0. The fraction of sp³-hybridized carbons (Fsp3) is 0.333. The topological polar surface area (TPSA) is 50.1 Å². The maximum Gasteiger partial charge on any atom is 0.330 e. The minimum atomic E-state index is -0.325. The van der Waals surface area contributed by atoms with Crippen LogP contribution < -0.4 is 0 Å². The molecule has 0 saturated carbocycles. The molecule has 0 aromatic heterocycles. The maximum atomic E-state index is 11.4. The summed E-state index contributed by atoms with van der Waals surface area (Å²) < 4.78 is 4.90. The van der Waals surface area contributed by atoms with E-state index in [-0.39, 0.29) is 11.4 Å². The molecule has 2 rings (SSSR count). The summed E-state index contributed by atoms with van der Waals surface area (Å²) in [6.45, 7) is 10.5. The number of allylic oxidation sites excluding steroid dienone is 7. The molecule has 0 amide bonds. The lowest BCUT2D eigenvalue weighted by Gasteiger charge is -2.30. The second-order valence-corrected chi connectivity index (χ2v) is 7.43. The maximum absolute atomic E-state index is 11.4. The van der Waals surface area contributed by atoms with Gasteiger partial charge in [0.15, 0.2) is 0 Å². The standard InChI is InChI=1S/C24H27NO2/c1-6-27-23(26)14-17(2)8-7-9-18(3)19-10-11-22-21(15-19)20(16-25)12-13-24(22,4)5/h7-12,14-15H,6,13H2,1-5H3/b8-7+,17-14+,18-9+. The molecular formula is C24H27NO2. The summed E-state index contributed by atoms with van der Waals surface area (Å²) >= 11 is 0. The minimum absolute atomic E-state index is 0.0424. The smallest absolute Gasteiger partial charge is 0.330 e. The van der Waals surface area contributed by atoms with Crippen molar-refractivity contribution in [2.24, 2.45) is 0 Å². The lowest BCUT2D eigenvalue weighted by atomic mass is 9.73. The third kappa shape index (κ3) is 5.08. The lowest BCUT2D eigenvalue weighted by molar-refractivity contribution is -0.137. The highest BCUT2D eigenvalue weighted by Crippen LogP contribution is 2.39. The highest BCUT2D eigenvalue weighted by molar-refractivity contribution is 5.84. The number of benzene rings is 1. The number of nitriles is 1. The largest absolute Gasteiger partial charge is 0.463 e. The van der Waals surface area contributed by atoms with Crippen molar-refractivity contribution in [3.63, 3.8) is 0 Å². The van der Waals surface area contributed by atoms with Crippen molar-refractivity contribution in [2.45, 2.75) is 46.5 Å². The molecule has 1 aromatic rings. The number of esters is 1. The van der Waals surface area contributed by atoms with Gasteiger partial charge in [-0.3, -0.25) is 0 Å². The van der Waals surface area contributed by atoms with Crippen LogP contribution in [0.1, 0.15) is 57.7 Å². The van der Waals surface area contributed by atoms with Crippen LogP contribution in [0.2, 0.25) is 0 Å². The van der Waals surface area contributed by atoms with Gasteiger partial charge in [-0.05, 0) is 66.5 Å². The van der Waals surface area contributed by atoms with Crippen LogP contribution in [0.15, 0.2) is 54.2 Å². The summed E-state index contributed by atoms with van der Waals surface area (Å²) in [7, 11) is 0. The zero-order chi connectivity index (χ0) is 20.0. The van der Waals surface area contributed by atoms with Gasteiger partial charge in [-0.15, -0.1) is 0 Å². The van der Waals surface area contributed by atoms with Gasteiger partial charge in [-0.2, -0.15) is 5.26 Å². The normalized spacial score (nSPS) is 16.5. The minimum Gasteiger partial charge on any atom is -0.463 e. The zero-order valence-electron chi connectivity index (χ0n) is 16.8. The first-order valence-corrected chi connectivity index (χ1v) is 9.24. The second kappa shape index (κ2) is 8.68. The molecule has 0 aliphatic heterocycles. The molecule has 3 heteroatoms. The van der Waals surface area contributed by atoms with Crippen molar-refractivity contribution in [3.8, 4) is 6.07 Å². The lowest BCUT2D eigenvalue weighted by Crippen LogP contribution is -2.21. The van der Waals surface area contributed by atoms with Gasteiger partial charge in [0.05, 0.1) is 18.2 Å². The van der Waals surface area contributed by atoms with Crippen LogP contribution in [0, 0.1) is 11.3 Å². The van der Waals surface area contributed by atoms with E-state index in [1.54, 1.807) is 6.92 Å². The average molecular weight is 361 g/mol. The predicted molar refractivity (Wildman–Crippen MR) is 111 cm³/mol. The van der Waals surface area contributed by atoms with Crippen molar-refractivity contribution in [2.75, 3.05) is 6.61 Å². The van der Waals surface area contributed by atoms with E-state index in [0.717, 1.165) is 34.3 Å². The summed E-state index contributed by atoms with van der Waals surface area (Å²) in [6.07, 6.45) is 10.2. The van der Waals surface area contributed by atoms with E-state index in [2.05, 4.69) is 38.1 Å². The van der Waals surface area contributed by atoms with Crippen LogP contribution in [0.25, 0.3) is 11.1 Å². The van der Waals surface area contributed by atoms with E-state index in [4.69, 9.17) is 4.74 Å². The third-order valence-electron chi connectivity index (χ3n) is 4.77. The number of ether oxygens (including phenoxy) is 1. The summed E-state index contributed by atoms with van der Waals surface area (Å²) in [6, 6.07) is 8.68. The Morgan fingerprint density at radius 3 is 2.74 bits per heavy atom. The van der Waals surface area contributed by atoms with Gasteiger partial charge in [0.2, 0.25) is 0 Å².